The lowest BCUT2D eigenvalue weighted by molar-refractivity contribution is 0.289. The summed E-state index contributed by atoms with van der Waals surface area (Å²) in [7, 11) is 1.93. The Bertz CT molecular complexity index is 653. The SMILES string of the molecule is CCc1nn(C)c(COc2c(C)cc(Br)cc2CN)c1Br. The van der Waals surface area contributed by atoms with Crippen molar-refractivity contribution in [2.24, 2.45) is 12.8 Å². The summed E-state index contributed by atoms with van der Waals surface area (Å²) in [6.07, 6.45) is 0.889. The molecule has 1 aromatic heterocycles. The van der Waals surface area contributed by atoms with Crippen LogP contribution in [0, 0.1) is 6.92 Å². The third kappa shape index (κ3) is 3.49. The minimum absolute atomic E-state index is 0.447. The van der Waals surface area contributed by atoms with Crippen molar-refractivity contribution in [1.29, 1.82) is 0 Å². The zero-order chi connectivity index (χ0) is 15.6. The Morgan fingerprint density at radius 3 is 2.62 bits per heavy atom. The van der Waals surface area contributed by atoms with E-state index in [1.54, 1.807) is 0 Å². The molecule has 0 saturated heterocycles. The first-order valence-corrected chi connectivity index (χ1v) is 8.38. The van der Waals surface area contributed by atoms with Crippen LogP contribution in [0.2, 0.25) is 0 Å². The van der Waals surface area contributed by atoms with Crippen LogP contribution in [0.1, 0.15) is 29.4 Å². The average molecular weight is 417 g/mol. The summed E-state index contributed by atoms with van der Waals surface area (Å²) in [4.78, 5) is 0. The van der Waals surface area contributed by atoms with Gasteiger partial charge < -0.3 is 10.5 Å². The standard InChI is InChI=1S/C15H19Br2N3O/c1-4-12-14(17)13(20(3)19-12)8-21-15-9(2)5-11(16)6-10(15)7-18/h5-6H,4,7-8,18H2,1-3H3. The van der Waals surface area contributed by atoms with Crippen LogP contribution in [0.25, 0.3) is 0 Å². The molecule has 0 aliphatic heterocycles. The first-order chi connectivity index (χ1) is 9.97. The fourth-order valence-electron chi connectivity index (χ4n) is 2.27. The average Bonchev–Trinajstić information content (AvgIpc) is 2.72. The molecule has 2 rings (SSSR count). The minimum atomic E-state index is 0.447. The Labute approximate surface area is 141 Å². The van der Waals surface area contributed by atoms with Crippen LogP contribution in [0.15, 0.2) is 21.1 Å². The molecule has 0 amide bonds. The summed E-state index contributed by atoms with van der Waals surface area (Å²) in [5.41, 5.74) is 9.95. The van der Waals surface area contributed by atoms with Gasteiger partial charge in [-0.15, -0.1) is 0 Å². The van der Waals surface area contributed by atoms with Crippen LogP contribution in [0.5, 0.6) is 5.75 Å². The third-order valence-electron chi connectivity index (χ3n) is 3.39. The molecule has 0 aliphatic carbocycles. The lowest BCUT2D eigenvalue weighted by Crippen LogP contribution is -2.07. The van der Waals surface area contributed by atoms with Crippen molar-refractivity contribution in [2.75, 3.05) is 0 Å². The highest BCUT2D eigenvalue weighted by atomic mass is 79.9. The van der Waals surface area contributed by atoms with Gasteiger partial charge in [0, 0.05) is 23.6 Å². The lowest BCUT2D eigenvalue weighted by Gasteiger charge is -2.14. The van der Waals surface area contributed by atoms with E-state index < -0.39 is 0 Å². The van der Waals surface area contributed by atoms with Gasteiger partial charge in [0.25, 0.3) is 0 Å². The molecule has 0 aliphatic rings. The molecular weight excluding hydrogens is 398 g/mol. The number of rotatable bonds is 5. The van der Waals surface area contributed by atoms with Crippen LogP contribution in [0.3, 0.4) is 0 Å². The molecule has 114 valence electrons. The molecule has 0 radical (unpaired) electrons. The monoisotopic (exact) mass is 415 g/mol. The normalized spacial score (nSPS) is 11.0. The van der Waals surface area contributed by atoms with Crippen molar-refractivity contribution >= 4 is 31.9 Å². The maximum atomic E-state index is 6.03. The van der Waals surface area contributed by atoms with Gasteiger partial charge in [-0.25, -0.2) is 0 Å². The molecule has 0 spiro atoms. The fourth-order valence-corrected chi connectivity index (χ4v) is 3.63. The smallest absolute Gasteiger partial charge is 0.131 e. The highest BCUT2D eigenvalue weighted by Gasteiger charge is 2.15. The van der Waals surface area contributed by atoms with E-state index >= 15 is 0 Å². The van der Waals surface area contributed by atoms with Gasteiger partial charge in [-0.1, -0.05) is 22.9 Å². The van der Waals surface area contributed by atoms with E-state index in [9.17, 15) is 0 Å². The highest BCUT2D eigenvalue weighted by molar-refractivity contribution is 9.10. The predicted octanol–water partition coefficient (Wildman–Crippen LogP) is 3.85. The van der Waals surface area contributed by atoms with Crippen molar-refractivity contribution in [2.45, 2.75) is 33.4 Å². The van der Waals surface area contributed by atoms with Crippen molar-refractivity contribution < 1.29 is 4.74 Å². The van der Waals surface area contributed by atoms with Crippen molar-refractivity contribution in [3.63, 3.8) is 0 Å². The predicted molar refractivity (Wildman–Crippen MR) is 91.4 cm³/mol. The number of nitrogens with two attached hydrogens (primary N) is 1. The number of halogens is 2. The molecule has 2 aromatic rings. The van der Waals surface area contributed by atoms with Crippen molar-refractivity contribution in [3.05, 3.63) is 43.6 Å². The van der Waals surface area contributed by atoms with E-state index in [4.69, 9.17) is 10.5 Å². The van der Waals surface area contributed by atoms with Gasteiger partial charge in [-0.3, -0.25) is 4.68 Å². The van der Waals surface area contributed by atoms with Gasteiger partial charge in [-0.05, 0) is 47.0 Å². The second kappa shape index (κ2) is 6.94. The van der Waals surface area contributed by atoms with Crippen LogP contribution in [0.4, 0.5) is 0 Å². The molecule has 0 unspecified atom stereocenters. The number of nitrogens with zero attached hydrogens (tertiary/aromatic N) is 2. The van der Waals surface area contributed by atoms with Gasteiger partial charge in [0.1, 0.15) is 12.4 Å². The molecule has 6 heteroatoms. The maximum Gasteiger partial charge on any atom is 0.131 e. The quantitative estimate of drug-likeness (QED) is 0.805. The lowest BCUT2D eigenvalue weighted by atomic mass is 10.1. The van der Waals surface area contributed by atoms with Gasteiger partial charge in [-0.2, -0.15) is 5.10 Å². The molecule has 0 atom stereocenters. The van der Waals surface area contributed by atoms with Gasteiger partial charge in [0.05, 0.1) is 15.9 Å². The Kier molecular flexibility index (Phi) is 5.46. The molecule has 1 heterocycles. The molecule has 2 N–H and O–H groups in total. The van der Waals surface area contributed by atoms with Crippen molar-refractivity contribution in [1.82, 2.24) is 9.78 Å². The fraction of sp³-hybridized carbons (Fsp3) is 0.400. The van der Waals surface area contributed by atoms with E-state index in [1.807, 2.05) is 30.8 Å². The largest absolute Gasteiger partial charge is 0.487 e. The van der Waals surface area contributed by atoms with E-state index in [0.29, 0.717) is 13.2 Å². The number of benzene rings is 1. The van der Waals surface area contributed by atoms with Crippen LogP contribution in [-0.2, 0) is 26.6 Å². The number of aromatic nitrogens is 2. The summed E-state index contributed by atoms with van der Waals surface area (Å²) in [5, 5.41) is 4.48. The second-order valence-electron chi connectivity index (χ2n) is 4.89. The topological polar surface area (TPSA) is 53.1 Å². The molecule has 0 bridgehead atoms. The molecule has 21 heavy (non-hydrogen) atoms. The third-order valence-corrected chi connectivity index (χ3v) is 4.77. The molecular formula is C15H19Br2N3O. The van der Waals surface area contributed by atoms with E-state index in [0.717, 1.165) is 43.6 Å². The molecule has 4 nitrogen and oxygen atoms in total. The first-order valence-electron chi connectivity index (χ1n) is 6.80. The van der Waals surface area contributed by atoms with E-state index in [-0.39, 0.29) is 0 Å². The summed E-state index contributed by atoms with van der Waals surface area (Å²) < 4.78 is 9.93. The number of hydrogen-bond acceptors (Lipinski definition) is 3. The highest BCUT2D eigenvalue weighted by Crippen LogP contribution is 2.30. The second-order valence-corrected chi connectivity index (χ2v) is 6.60. The van der Waals surface area contributed by atoms with Gasteiger partial charge in [0.15, 0.2) is 0 Å². The Morgan fingerprint density at radius 2 is 2.05 bits per heavy atom. The van der Waals surface area contributed by atoms with Gasteiger partial charge in [0.2, 0.25) is 0 Å². The van der Waals surface area contributed by atoms with E-state index in [2.05, 4.69) is 43.9 Å². The first kappa shape index (κ1) is 16.5. The van der Waals surface area contributed by atoms with Gasteiger partial charge >= 0.3 is 0 Å². The Morgan fingerprint density at radius 1 is 1.33 bits per heavy atom. The van der Waals surface area contributed by atoms with Crippen LogP contribution < -0.4 is 10.5 Å². The summed E-state index contributed by atoms with van der Waals surface area (Å²) in [6.45, 7) is 5.01. The van der Waals surface area contributed by atoms with E-state index in [1.165, 1.54) is 0 Å². The van der Waals surface area contributed by atoms with Crippen LogP contribution in [-0.4, -0.2) is 9.78 Å². The zero-order valence-electron chi connectivity index (χ0n) is 12.4. The number of aryl methyl sites for hydroxylation is 3. The minimum Gasteiger partial charge on any atom is -0.487 e. The summed E-state index contributed by atoms with van der Waals surface area (Å²) in [5.74, 6) is 0.854. The van der Waals surface area contributed by atoms with Crippen LogP contribution >= 0.6 is 31.9 Å². The molecule has 0 saturated carbocycles. The Balaban J connectivity index is 2.27. The Hall–Kier alpha value is -0.850. The maximum absolute atomic E-state index is 6.03. The van der Waals surface area contributed by atoms with Crippen molar-refractivity contribution in [3.8, 4) is 5.75 Å². The molecule has 1 aromatic carbocycles. The summed E-state index contributed by atoms with van der Waals surface area (Å²) in [6, 6.07) is 4.03. The molecule has 0 fully saturated rings. The zero-order valence-corrected chi connectivity index (χ0v) is 15.6. The number of ether oxygens (including phenoxy) is 1. The number of hydrogen-bond donors (Lipinski definition) is 1. The summed E-state index contributed by atoms with van der Waals surface area (Å²) >= 11 is 7.09.